The molecule has 3 heteroatoms. The second kappa shape index (κ2) is 5.08. The Hall–Kier alpha value is -2.77. The third-order valence-electron chi connectivity index (χ3n) is 3.21. The van der Waals surface area contributed by atoms with E-state index >= 15 is 0 Å². The van der Waals surface area contributed by atoms with E-state index in [1.54, 1.807) is 6.07 Å². The van der Waals surface area contributed by atoms with E-state index in [2.05, 4.69) is 4.99 Å². The van der Waals surface area contributed by atoms with Crippen LogP contribution in [0.15, 0.2) is 65.7 Å². The third-order valence-corrected chi connectivity index (χ3v) is 3.21. The van der Waals surface area contributed by atoms with Crippen LogP contribution in [0.1, 0.15) is 0 Å². The Morgan fingerprint density at radius 3 is 2.55 bits per heavy atom. The normalized spacial score (nSPS) is 10.2. The summed E-state index contributed by atoms with van der Waals surface area (Å²) in [6.45, 7) is 0. The van der Waals surface area contributed by atoms with Crippen LogP contribution in [-0.2, 0) is 4.79 Å². The van der Waals surface area contributed by atoms with Crippen LogP contribution < -0.4 is 0 Å². The van der Waals surface area contributed by atoms with Gasteiger partial charge in [-0.1, -0.05) is 48.5 Å². The van der Waals surface area contributed by atoms with Crippen molar-refractivity contribution in [2.45, 2.75) is 0 Å². The van der Waals surface area contributed by atoms with E-state index in [9.17, 15) is 9.18 Å². The molecule has 96 valence electrons. The van der Waals surface area contributed by atoms with Crippen LogP contribution in [0.3, 0.4) is 0 Å². The molecule has 0 radical (unpaired) electrons. The van der Waals surface area contributed by atoms with Crippen molar-refractivity contribution in [3.8, 4) is 11.1 Å². The number of aliphatic imine (C=N–C) groups is 1. The third kappa shape index (κ3) is 2.11. The van der Waals surface area contributed by atoms with Crippen molar-refractivity contribution in [2.24, 2.45) is 4.99 Å². The molecule has 2 nitrogen and oxygen atoms in total. The van der Waals surface area contributed by atoms with Gasteiger partial charge in [-0.2, -0.15) is 4.99 Å². The first-order valence-electron chi connectivity index (χ1n) is 6.15. The minimum Gasteiger partial charge on any atom is -0.211 e. The van der Waals surface area contributed by atoms with Crippen molar-refractivity contribution in [3.05, 3.63) is 66.5 Å². The van der Waals surface area contributed by atoms with Gasteiger partial charge in [0.15, 0.2) is 0 Å². The SMILES string of the molecule is O=C=Nc1ccc(-c2cccc3ccccc23)cc1F. The first kappa shape index (κ1) is 12.3. The van der Waals surface area contributed by atoms with E-state index in [4.69, 9.17) is 0 Å². The Morgan fingerprint density at radius 2 is 1.75 bits per heavy atom. The van der Waals surface area contributed by atoms with Crippen LogP contribution in [-0.4, -0.2) is 6.08 Å². The van der Waals surface area contributed by atoms with Crippen LogP contribution >= 0.6 is 0 Å². The van der Waals surface area contributed by atoms with Gasteiger partial charge in [0.25, 0.3) is 0 Å². The second-order valence-corrected chi connectivity index (χ2v) is 4.40. The minimum absolute atomic E-state index is 0.00369. The van der Waals surface area contributed by atoms with Gasteiger partial charge in [0.05, 0.1) is 0 Å². The number of hydrogen-bond donors (Lipinski definition) is 0. The van der Waals surface area contributed by atoms with Gasteiger partial charge in [-0.3, -0.25) is 0 Å². The molecule has 0 saturated heterocycles. The topological polar surface area (TPSA) is 29.4 Å². The molecule has 0 N–H and O–H groups in total. The summed E-state index contributed by atoms with van der Waals surface area (Å²) in [5.74, 6) is -0.529. The van der Waals surface area contributed by atoms with Gasteiger partial charge in [0.1, 0.15) is 11.5 Å². The highest BCUT2D eigenvalue weighted by atomic mass is 19.1. The molecule has 20 heavy (non-hydrogen) atoms. The molecule has 0 fully saturated rings. The lowest BCUT2D eigenvalue weighted by Crippen LogP contribution is -1.83. The standard InChI is InChI=1S/C17H10FNO/c18-16-10-13(8-9-17(16)19-11-20)15-7-3-5-12-4-1-2-6-14(12)15/h1-10H. The summed E-state index contributed by atoms with van der Waals surface area (Å²) in [5, 5.41) is 2.15. The highest BCUT2D eigenvalue weighted by Gasteiger charge is 2.07. The summed E-state index contributed by atoms with van der Waals surface area (Å²) in [7, 11) is 0. The number of halogens is 1. The lowest BCUT2D eigenvalue weighted by molar-refractivity contribution is 0.564. The Bertz CT molecular complexity index is 830. The van der Waals surface area contributed by atoms with Crippen molar-refractivity contribution < 1.29 is 9.18 Å². The Kier molecular flexibility index (Phi) is 3.12. The van der Waals surface area contributed by atoms with Crippen molar-refractivity contribution in [3.63, 3.8) is 0 Å². The maximum atomic E-state index is 13.9. The Labute approximate surface area is 115 Å². The van der Waals surface area contributed by atoms with Gasteiger partial charge >= 0.3 is 0 Å². The highest BCUT2D eigenvalue weighted by molar-refractivity contribution is 5.96. The summed E-state index contributed by atoms with van der Waals surface area (Å²) in [6, 6.07) is 18.4. The molecule has 0 unspecified atom stereocenters. The van der Waals surface area contributed by atoms with Crippen LogP contribution in [0, 0.1) is 5.82 Å². The fourth-order valence-corrected chi connectivity index (χ4v) is 2.29. The second-order valence-electron chi connectivity index (χ2n) is 4.40. The Morgan fingerprint density at radius 1 is 0.950 bits per heavy atom. The minimum atomic E-state index is -0.529. The number of isocyanates is 1. The first-order valence-corrected chi connectivity index (χ1v) is 6.15. The van der Waals surface area contributed by atoms with E-state index in [1.165, 1.54) is 18.2 Å². The van der Waals surface area contributed by atoms with Gasteiger partial charge in [0.2, 0.25) is 6.08 Å². The van der Waals surface area contributed by atoms with Crippen LogP contribution in [0.5, 0.6) is 0 Å². The summed E-state index contributed by atoms with van der Waals surface area (Å²) >= 11 is 0. The highest BCUT2D eigenvalue weighted by Crippen LogP contribution is 2.31. The summed E-state index contributed by atoms with van der Waals surface area (Å²) in [6.07, 6.45) is 1.35. The number of benzene rings is 3. The molecule has 0 bridgehead atoms. The van der Waals surface area contributed by atoms with Crippen molar-refractivity contribution in [1.82, 2.24) is 0 Å². The van der Waals surface area contributed by atoms with Crippen molar-refractivity contribution >= 4 is 22.5 Å². The maximum absolute atomic E-state index is 13.9. The quantitative estimate of drug-likeness (QED) is 0.490. The molecule has 0 atom stereocenters. The molecule has 3 aromatic carbocycles. The van der Waals surface area contributed by atoms with Gasteiger partial charge < -0.3 is 0 Å². The van der Waals surface area contributed by atoms with Crippen molar-refractivity contribution in [1.29, 1.82) is 0 Å². The van der Waals surface area contributed by atoms with Gasteiger partial charge in [-0.05, 0) is 34.0 Å². The molecule has 0 spiro atoms. The predicted molar refractivity (Wildman–Crippen MR) is 77.1 cm³/mol. The number of carbonyl (C=O) groups excluding carboxylic acids is 1. The largest absolute Gasteiger partial charge is 0.240 e. The monoisotopic (exact) mass is 263 g/mol. The summed E-state index contributed by atoms with van der Waals surface area (Å²) in [4.78, 5) is 13.5. The zero-order valence-electron chi connectivity index (χ0n) is 10.5. The van der Waals surface area contributed by atoms with E-state index in [1.807, 2.05) is 42.5 Å². The fourth-order valence-electron chi connectivity index (χ4n) is 2.29. The van der Waals surface area contributed by atoms with E-state index in [0.717, 1.165) is 21.9 Å². The van der Waals surface area contributed by atoms with Gasteiger partial charge in [-0.25, -0.2) is 9.18 Å². The zero-order valence-corrected chi connectivity index (χ0v) is 10.5. The van der Waals surface area contributed by atoms with Gasteiger partial charge in [-0.15, -0.1) is 0 Å². The number of rotatable bonds is 2. The molecule has 3 rings (SSSR count). The van der Waals surface area contributed by atoms with E-state index in [0.29, 0.717) is 0 Å². The number of hydrogen-bond acceptors (Lipinski definition) is 2. The van der Waals surface area contributed by atoms with Crippen LogP contribution in [0.25, 0.3) is 21.9 Å². The molecule has 0 saturated carbocycles. The van der Waals surface area contributed by atoms with Gasteiger partial charge in [0, 0.05) is 0 Å². The maximum Gasteiger partial charge on any atom is 0.240 e. The zero-order chi connectivity index (χ0) is 13.9. The molecule has 0 aliphatic heterocycles. The van der Waals surface area contributed by atoms with Crippen molar-refractivity contribution in [2.75, 3.05) is 0 Å². The molecule has 3 aromatic rings. The van der Waals surface area contributed by atoms with E-state index < -0.39 is 5.82 Å². The molecule has 0 aliphatic rings. The molecule has 0 aliphatic carbocycles. The van der Waals surface area contributed by atoms with Crippen LogP contribution in [0.4, 0.5) is 10.1 Å². The van der Waals surface area contributed by atoms with Crippen LogP contribution in [0.2, 0.25) is 0 Å². The average Bonchev–Trinajstić information content (AvgIpc) is 2.49. The lowest BCUT2D eigenvalue weighted by atomic mass is 9.98. The molecular weight excluding hydrogens is 253 g/mol. The predicted octanol–water partition coefficient (Wildman–Crippen LogP) is 4.61. The fraction of sp³-hybridized carbons (Fsp3) is 0. The summed E-state index contributed by atoms with van der Waals surface area (Å²) in [5.41, 5.74) is 1.71. The average molecular weight is 263 g/mol. The first-order chi connectivity index (χ1) is 9.79. The smallest absolute Gasteiger partial charge is 0.211 e. The molecule has 0 aromatic heterocycles. The number of nitrogens with zero attached hydrogens (tertiary/aromatic N) is 1. The molecule has 0 heterocycles. The Balaban J connectivity index is 2.21. The van der Waals surface area contributed by atoms with E-state index in [-0.39, 0.29) is 5.69 Å². The number of fused-ring (bicyclic) bond motifs is 1. The summed E-state index contributed by atoms with van der Waals surface area (Å²) < 4.78 is 13.9. The molecular formula is C17H10FNO. The molecule has 0 amide bonds. The lowest BCUT2D eigenvalue weighted by Gasteiger charge is -2.07.